The van der Waals surface area contributed by atoms with Gasteiger partial charge in [0.25, 0.3) is 5.91 Å². The molecule has 0 saturated heterocycles. The third kappa shape index (κ3) is 3.20. The summed E-state index contributed by atoms with van der Waals surface area (Å²) in [4.78, 5) is 20.1. The first-order valence-electron chi connectivity index (χ1n) is 6.50. The predicted octanol–water partition coefficient (Wildman–Crippen LogP) is 0.912. The Morgan fingerprint density at radius 1 is 1.58 bits per heavy atom. The first-order chi connectivity index (χ1) is 9.11. The maximum Gasteiger partial charge on any atom is 0.254 e. The van der Waals surface area contributed by atoms with Crippen LogP contribution in [0.25, 0.3) is 0 Å². The molecule has 0 aromatic carbocycles. The summed E-state index contributed by atoms with van der Waals surface area (Å²) in [6, 6.07) is 0.171. The van der Waals surface area contributed by atoms with Crippen molar-refractivity contribution in [2.24, 2.45) is 5.92 Å². The van der Waals surface area contributed by atoms with Crippen molar-refractivity contribution in [3.63, 3.8) is 0 Å². The topological polar surface area (TPSA) is 90.1 Å². The molecule has 0 aliphatic heterocycles. The number of amides is 1. The zero-order valence-corrected chi connectivity index (χ0v) is 11.3. The molecular weight excluding hydrogens is 244 g/mol. The van der Waals surface area contributed by atoms with Gasteiger partial charge in [-0.3, -0.25) is 4.79 Å². The minimum absolute atomic E-state index is 0.134. The molecule has 1 aromatic rings. The molecule has 6 heteroatoms. The van der Waals surface area contributed by atoms with E-state index in [1.165, 1.54) is 6.20 Å². The first kappa shape index (κ1) is 13.7. The fraction of sp³-hybridized carbons (Fsp3) is 0.615. The highest BCUT2D eigenvalue weighted by Crippen LogP contribution is 2.26. The number of nitrogens with two attached hydrogens (primary N) is 1. The van der Waals surface area contributed by atoms with E-state index in [1.807, 2.05) is 0 Å². The number of nitrogens with zero attached hydrogens (tertiary/aromatic N) is 2. The van der Waals surface area contributed by atoms with Crippen molar-refractivity contribution in [3.8, 4) is 0 Å². The number of carbonyl (C=O) groups excluding carboxylic acids is 1. The minimum Gasteiger partial charge on any atom is -0.384 e. The summed E-state index contributed by atoms with van der Waals surface area (Å²) in [6.45, 7) is 2.44. The molecule has 104 valence electrons. The molecule has 3 N–H and O–H groups in total. The second kappa shape index (κ2) is 5.97. The van der Waals surface area contributed by atoms with Crippen LogP contribution in [0, 0.1) is 12.8 Å². The molecule has 2 atom stereocenters. The number of methoxy groups -OCH3 is 1. The largest absolute Gasteiger partial charge is 0.384 e. The SMILES string of the molecule is COC[C@@H]1CCC[C@@H]1NC(=O)c1cnc(N)nc1C. The summed E-state index contributed by atoms with van der Waals surface area (Å²) in [5.41, 5.74) is 6.57. The van der Waals surface area contributed by atoms with E-state index in [0.29, 0.717) is 23.8 Å². The summed E-state index contributed by atoms with van der Waals surface area (Å²) in [7, 11) is 1.69. The van der Waals surface area contributed by atoms with Gasteiger partial charge in [-0.2, -0.15) is 0 Å². The molecule has 19 heavy (non-hydrogen) atoms. The maximum atomic E-state index is 12.2. The van der Waals surface area contributed by atoms with E-state index < -0.39 is 0 Å². The van der Waals surface area contributed by atoms with Crippen LogP contribution in [0.15, 0.2) is 6.20 Å². The van der Waals surface area contributed by atoms with Gasteiger partial charge < -0.3 is 15.8 Å². The van der Waals surface area contributed by atoms with Crippen LogP contribution >= 0.6 is 0 Å². The Balaban J connectivity index is 2.04. The number of rotatable bonds is 4. The predicted molar refractivity (Wildman–Crippen MR) is 71.7 cm³/mol. The Labute approximate surface area is 112 Å². The molecule has 1 aliphatic carbocycles. The lowest BCUT2D eigenvalue weighted by molar-refractivity contribution is 0.0897. The molecule has 0 radical (unpaired) electrons. The lowest BCUT2D eigenvalue weighted by atomic mass is 10.0. The monoisotopic (exact) mass is 264 g/mol. The molecule has 6 nitrogen and oxygen atoms in total. The lowest BCUT2D eigenvalue weighted by Gasteiger charge is -2.20. The van der Waals surface area contributed by atoms with Gasteiger partial charge in [-0.1, -0.05) is 6.42 Å². The number of nitrogens with one attached hydrogen (secondary N) is 1. The van der Waals surface area contributed by atoms with E-state index in [0.717, 1.165) is 19.3 Å². The van der Waals surface area contributed by atoms with Crippen molar-refractivity contribution < 1.29 is 9.53 Å². The van der Waals surface area contributed by atoms with Gasteiger partial charge in [0, 0.05) is 25.3 Å². The molecular formula is C13H20N4O2. The van der Waals surface area contributed by atoms with Gasteiger partial charge in [0.15, 0.2) is 0 Å². The molecule has 1 amide bonds. The third-order valence-electron chi connectivity index (χ3n) is 3.60. The van der Waals surface area contributed by atoms with Crippen LogP contribution in [0.3, 0.4) is 0 Å². The van der Waals surface area contributed by atoms with E-state index >= 15 is 0 Å². The Morgan fingerprint density at radius 3 is 3.05 bits per heavy atom. The second-order valence-electron chi connectivity index (χ2n) is 4.95. The van der Waals surface area contributed by atoms with Crippen LogP contribution in [0.4, 0.5) is 5.95 Å². The minimum atomic E-state index is -0.134. The van der Waals surface area contributed by atoms with Crippen LogP contribution in [0.1, 0.15) is 35.3 Å². The zero-order chi connectivity index (χ0) is 13.8. The quantitative estimate of drug-likeness (QED) is 0.843. The summed E-state index contributed by atoms with van der Waals surface area (Å²) >= 11 is 0. The number of nitrogen functional groups attached to an aromatic ring is 1. The number of hydrogen-bond donors (Lipinski definition) is 2. The second-order valence-corrected chi connectivity index (χ2v) is 4.95. The number of carbonyl (C=O) groups is 1. The number of ether oxygens (including phenoxy) is 1. The van der Waals surface area contributed by atoms with E-state index in [4.69, 9.17) is 10.5 Å². The third-order valence-corrected chi connectivity index (χ3v) is 3.60. The lowest BCUT2D eigenvalue weighted by Crippen LogP contribution is -2.39. The van der Waals surface area contributed by atoms with Crippen molar-refractivity contribution in [2.75, 3.05) is 19.5 Å². The average Bonchev–Trinajstić information content (AvgIpc) is 2.77. The van der Waals surface area contributed by atoms with Gasteiger partial charge in [-0.25, -0.2) is 9.97 Å². The zero-order valence-electron chi connectivity index (χ0n) is 11.3. The van der Waals surface area contributed by atoms with Crippen LogP contribution < -0.4 is 11.1 Å². The van der Waals surface area contributed by atoms with Crippen molar-refractivity contribution in [2.45, 2.75) is 32.2 Å². The van der Waals surface area contributed by atoms with Gasteiger partial charge in [0.1, 0.15) is 0 Å². The first-order valence-corrected chi connectivity index (χ1v) is 6.50. The fourth-order valence-corrected chi connectivity index (χ4v) is 2.59. The van der Waals surface area contributed by atoms with E-state index in [9.17, 15) is 4.79 Å². The van der Waals surface area contributed by atoms with Crippen molar-refractivity contribution in [3.05, 3.63) is 17.5 Å². The fourth-order valence-electron chi connectivity index (χ4n) is 2.59. The Bertz CT molecular complexity index is 464. The number of aromatic nitrogens is 2. The molecule has 1 aromatic heterocycles. The van der Waals surface area contributed by atoms with E-state index in [1.54, 1.807) is 14.0 Å². The molecule has 0 spiro atoms. The van der Waals surface area contributed by atoms with Gasteiger partial charge in [-0.05, 0) is 19.8 Å². The van der Waals surface area contributed by atoms with Crippen LogP contribution in [-0.4, -0.2) is 35.6 Å². The van der Waals surface area contributed by atoms with Crippen molar-refractivity contribution in [1.29, 1.82) is 0 Å². The van der Waals surface area contributed by atoms with Crippen LogP contribution in [-0.2, 0) is 4.74 Å². The number of hydrogen-bond acceptors (Lipinski definition) is 5. The van der Waals surface area contributed by atoms with Crippen LogP contribution in [0.2, 0.25) is 0 Å². The molecule has 2 rings (SSSR count). The normalized spacial score (nSPS) is 22.4. The number of aryl methyl sites for hydroxylation is 1. The van der Waals surface area contributed by atoms with Crippen LogP contribution in [0.5, 0.6) is 0 Å². The average molecular weight is 264 g/mol. The maximum absolute atomic E-state index is 12.2. The van der Waals surface area contributed by atoms with Crippen molar-refractivity contribution in [1.82, 2.24) is 15.3 Å². The molecule has 1 fully saturated rings. The summed E-state index contributed by atoms with van der Waals surface area (Å²) < 4.78 is 5.19. The van der Waals surface area contributed by atoms with Gasteiger partial charge in [0.2, 0.25) is 5.95 Å². The highest BCUT2D eigenvalue weighted by Gasteiger charge is 2.29. The van der Waals surface area contributed by atoms with Gasteiger partial charge >= 0.3 is 0 Å². The van der Waals surface area contributed by atoms with Crippen molar-refractivity contribution >= 4 is 11.9 Å². The van der Waals surface area contributed by atoms with E-state index in [2.05, 4.69) is 15.3 Å². The summed E-state index contributed by atoms with van der Waals surface area (Å²) in [5, 5.41) is 3.05. The van der Waals surface area contributed by atoms with Gasteiger partial charge in [-0.15, -0.1) is 0 Å². The Hall–Kier alpha value is -1.69. The summed E-state index contributed by atoms with van der Waals surface area (Å²) in [5.74, 6) is 0.446. The molecule has 1 heterocycles. The summed E-state index contributed by atoms with van der Waals surface area (Å²) in [6.07, 6.45) is 4.69. The highest BCUT2D eigenvalue weighted by molar-refractivity contribution is 5.95. The molecule has 0 unspecified atom stereocenters. The molecule has 1 saturated carbocycles. The molecule has 0 bridgehead atoms. The highest BCUT2D eigenvalue weighted by atomic mass is 16.5. The van der Waals surface area contributed by atoms with Gasteiger partial charge in [0.05, 0.1) is 17.9 Å². The smallest absolute Gasteiger partial charge is 0.254 e. The van der Waals surface area contributed by atoms with E-state index in [-0.39, 0.29) is 17.9 Å². The Kier molecular flexibility index (Phi) is 4.31. The molecule has 1 aliphatic rings. The number of anilines is 1. The Morgan fingerprint density at radius 2 is 2.37 bits per heavy atom. The standard InChI is InChI=1S/C13H20N4O2/c1-8-10(6-15-13(14)16-8)12(18)17-11-5-3-4-9(11)7-19-2/h6,9,11H,3-5,7H2,1-2H3,(H,17,18)(H2,14,15,16)/t9-,11-/m0/s1.